The van der Waals surface area contributed by atoms with E-state index in [1.165, 1.54) is 65.8 Å². The molecule has 25 heavy (non-hydrogen) atoms. The van der Waals surface area contributed by atoms with Gasteiger partial charge in [-0.05, 0) is 44.6 Å². The van der Waals surface area contributed by atoms with E-state index in [1.807, 2.05) is 6.20 Å². The van der Waals surface area contributed by atoms with Crippen molar-refractivity contribution in [3.8, 4) is 0 Å². The molecule has 1 fully saturated rings. The third kappa shape index (κ3) is 2.58. The number of hydrogen-bond acceptors (Lipinski definition) is 3. The van der Waals surface area contributed by atoms with Gasteiger partial charge >= 0.3 is 0 Å². The molecule has 5 nitrogen and oxygen atoms in total. The number of para-hydroxylation sites is 1. The zero-order valence-corrected chi connectivity index (χ0v) is 14.8. The summed E-state index contributed by atoms with van der Waals surface area (Å²) in [6.07, 6.45) is 8.13. The van der Waals surface area contributed by atoms with Crippen LogP contribution in [0.15, 0.2) is 24.4 Å². The second-order valence-electron chi connectivity index (χ2n) is 7.56. The number of likely N-dealkylation sites (tertiary alicyclic amines) is 1. The van der Waals surface area contributed by atoms with E-state index in [0.29, 0.717) is 6.04 Å². The van der Waals surface area contributed by atoms with Crippen LogP contribution in [0.4, 0.5) is 0 Å². The Hall–Kier alpha value is -2.14. The molecular weight excluding hydrogens is 310 g/mol. The van der Waals surface area contributed by atoms with E-state index < -0.39 is 0 Å². The van der Waals surface area contributed by atoms with Gasteiger partial charge < -0.3 is 4.57 Å². The fourth-order valence-corrected chi connectivity index (χ4v) is 4.75. The van der Waals surface area contributed by atoms with Crippen molar-refractivity contribution in [1.82, 2.24) is 24.6 Å². The molecule has 1 aliphatic carbocycles. The Morgan fingerprint density at radius 3 is 3.12 bits per heavy atom. The monoisotopic (exact) mass is 335 g/mol. The Labute approximate surface area is 148 Å². The summed E-state index contributed by atoms with van der Waals surface area (Å²) in [7, 11) is 0. The lowest BCUT2D eigenvalue weighted by molar-refractivity contribution is 0.315. The van der Waals surface area contributed by atoms with Gasteiger partial charge in [0.1, 0.15) is 5.82 Å². The van der Waals surface area contributed by atoms with Crippen LogP contribution in [-0.4, -0.2) is 37.7 Å². The molecule has 1 atom stereocenters. The number of imidazole rings is 1. The predicted molar refractivity (Wildman–Crippen MR) is 98.6 cm³/mol. The molecule has 0 amide bonds. The van der Waals surface area contributed by atoms with Gasteiger partial charge in [-0.15, -0.1) is 0 Å². The highest BCUT2D eigenvalue weighted by molar-refractivity contribution is 5.81. The number of aromatic nitrogens is 4. The average Bonchev–Trinajstić information content (AvgIpc) is 3.32. The predicted octanol–water partition coefficient (Wildman–Crippen LogP) is 3.39. The van der Waals surface area contributed by atoms with Gasteiger partial charge in [0, 0.05) is 36.8 Å². The van der Waals surface area contributed by atoms with Gasteiger partial charge in [0.2, 0.25) is 0 Å². The molecule has 0 saturated carbocycles. The second-order valence-corrected chi connectivity index (χ2v) is 7.56. The number of rotatable bonds is 3. The standard InChI is InChI=1S/C20H25N5/c1-14-22-18-7-2-3-8-19(18)25(14)17-9-10-24(13-17)12-16-6-4-5-15-11-21-23-20(15)16/h4-6,11,17H,2-3,7-10,12-13H2,1H3,(H,21,23)/t17-/m1/s1. The summed E-state index contributed by atoms with van der Waals surface area (Å²) in [6, 6.07) is 7.06. The fourth-order valence-electron chi connectivity index (χ4n) is 4.75. The first-order valence-corrected chi connectivity index (χ1v) is 9.49. The van der Waals surface area contributed by atoms with Crippen LogP contribution in [-0.2, 0) is 19.4 Å². The zero-order chi connectivity index (χ0) is 16.8. The number of benzene rings is 1. The number of aryl methyl sites for hydroxylation is 2. The molecular formula is C20H25N5. The maximum Gasteiger partial charge on any atom is 0.106 e. The molecule has 0 unspecified atom stereocenters. The maximum atomic E-state index is 4.87. The Bertz CT molecular complexity index is 906. The van der Waals surface area contributed by atoms with Crippen LogP contribution in [0.1, 0.15) is 48.1 Å². The van der Waals surface area contributed by atoms with Gasteiger partial charge in [-0.25, -0.2) is 4.98 Å². The van der Waals surface area contributed by atoms with Crippen molar-refractivity contribution in [3.05, 3.63) is 47.2 Å². The van der Waals surface area contributed by atoms with E-state index >= 15 is 0 Å². The molecule has 5 rings (SSSR count). The Balaban J connectivity index is 1.37. The summed E-state index contributed by atoms with van der Waals surface area (Å²) in [5.74, 6) is 1.22. The summed E-state index contributed by atoms with van der Waals surface area (Å²) >= 11 is 0. The van der Waals surface area contributed by atoms with E-state index in [0.717, 1.165) is 19.6 Å². The molecule has 0 radical (unpaired) electrons. The Morgan fingerprint density at radius 2 is 2.16 bits per heavy atom. The van der Waals surface area contributed by atoms with Crippen molar-refractivity contribution >= 4 is 10.9 Å². The number of nitrogens with one attached hydrogen (secondary N) is 1. The molecule has 0 bridgehead atoms. The van der Waals surface area contributed by atoms with Crippen molar-refractivity contribution in [1.29, 1.82) is 0 Å². The maximum absolute atomic E-state index is 4.87. The van der Waals surface area contributed by atoms with Crippen molar-refractivity contribution in [3.63, 3.8) is 0 Å². The number of hydrogen-bond donors (Lipinski definition) is 1. The van der Waals surface area contributed by atoms with Crippen molar-refractivity contribution in [2.75, 3.05) is 13.1 Å². The van der Waals surface area contributed by atoms with Crippen molar-refractivity contribution < 1.29 is 0 Å². The minimum atomic E-state index is 0.579. The number of nitrogens with zero attached hydrogens (tertiary/aromatic N) is 4. The molecule has 1 N–H and O–H groups in total. The fraction of sp³-hybridized carbons (Fsp3) is 0.500. The van der Waals surface area contributed by atoms with Crippen LogP contribution in [0.3, 0.4) is 0 Å². The van der Waals surface area contributed by atoms with Crippen LogP contribution in [0, 0.1) is 6.92 Å². The van der Waals surface area contributed by atoms with E-state index in [9.17, 15) is 0 Å². The molecule has 2 aliphatic rings. The number of fused-ring (bicyclic) bond motifs is 2. The quantitative estimate of drug-likeness (QED) is 0.798. The SMILES string of the molecule is Cc1nc2c(n1[C@@H]1CCN(Cc3cccc4cn[nH]c34)C1)CCCC2. The summed E-state index contributed by atoms with van der Waals surface area (Å²) in [4.78, 5) is 7.45. The first kappa shape index (κ1) is 15.1. The lowest BCUT2D eigenvalue weighted by atomic mass is 10.0. The summed E-state index contributed by atoms with van der Waals surface area (Å²) < 4.78 is 2.56. The largest absolute Gasteiger partial charge is 0.328 e. The van der Waals surface area contributed by atoms with E-state index in [4.69, 9.17) is 4.98 Å². The Kier molecular flexibility index (Phi) is 3.63. The van der Waals surface area contributed by atoms with Crippen LogP contribution >= 0.6 is 0 Å². The Morgan fingerprint density at radius 1 is 1.24 bits per heavy atom. The molecule has 1 saturated heterocycles. The molecule has 1 aromatic carbocycles. The minimum Gasteiger partial charge on any atom is -0.328 e. The highest BCUT2D eigenvalue weighted by Crippen LogP contribution is 2.31. The summed E-state index contributed by atoms with van der Waals surface area (Å²) in [5, 5.41) is 8.56. The third-order valence-electron chi connectivity index (χ3n) is 5.92. The van der Waals surface area contributed by atoms with Gasteiger partial charge in [0.15, 0.2) is 0 Å². The smallest absolute Gasteiger partial charge is 0.106 e. The van der Waals surface area contributed by atoms with Gasteiger partial charge in [0.25, 0.3) is 0 Å². The topological polar surface area (TPSA) is 49.7 Å². The minimum absolute atomic E-state index is 0.579. The third-order valence-corrected chi connectivity index (χ3v) is 5.92. The lowest BCUT2D eigenvalue weighted by Crippen LogP contribution is -2.23. The van der Waals surface area contributed by atoms with Crippen LogP contribution < -0.4 is 0 Å². The average molecular weight is 335 g/mol. The first-order chi connectivity index (χ1) is 12.3. The van der Waals surface area contributed by atoms with E-state index in [1.54, 1.807) is 0 Å². The molecule has 2 aromatic heterocycles. The van der Waals surface area contributed by atoms with Crippen LogP contribution in [0.25, 0.3) is 10.9 Å². The molecule has 130 valence electrons. The highest BCUT2D eigenvalue weighted by Gasteiger charge is 2.29. The summed E-state index contributed by atoms with van der Waals surface area (Å²) in [6.45, 7) is 5.45. The zero-order valence-electron chi connectivity index (χ0n) is 14.8. The highest BCUT2D eigenvalue weighted by atomic mass is 15.2. The number of aromatic amines is 1. The molecule has 3 heterocycles. The molecule has 5 heteroatoms. The molecule has 3 aromatic rings. The molecule has 0 spiro atoms. The van der Waals surface area contributed by atoms with Gasteiger partial charge in [-0.3, -0.25) is 10.00 Å². The first-order valence-electron chi connectivity index (χ1n) is 9.49. The summed E-state index contributed by atoms with van der Waals surface area (Å²) in [5.41, 5.74) is 5.41. The van der Waals surface area contributed by atoms with E-state index in [-0.39, 0.29) is 0 Å². The van der Waals surface area contributed by atoms with Crippen molar-refractivity contribution in [2.24, 2.45) is 0 Å². The molecule has 1 aliphatic heterocycles. The van der Waals surface area contributed by atoms with Gasteiger partial charge in [-0.2, -0.15) is 5.10 Å². The van der Waals surface area contributed by atoms with Crippen LogP contribution in [0.5, 0.6) is 0 Å². The normalized spacial score (nSPS) is 21.1. The lowest BCUT2D eigenvalue weighted by Gasteiger charge is -2.21. The van der Waals surface area contributed by atoms with Crippen LogP contribution in [0.2, 0.25) is 0 Å². The second kappa shape index (κ2) is 5.99. The number of H-pyrrole nitrogens is 1. The van der Waals surface area contributed by atoms with Gasteiger partial charge in [-0.1, -0.05) is 18.2 Å². The van der Waals surface area contributed by atoms with Crippen molar-refractivity contribution in [2.45, 2.75) is 51.6 Å². The van der Waals surface area contributed by atoms with E-state index in [2.05, 4.69) is 44.8 Å². The van der Waals surface area contributed by atoms with Gasteiger partial charge in [0.05, 0.1) is 17.4 Å².